The van der Waals surface area contributed by atoms with Crippen LogP contribution in [-0.2, 0) is 32.0 Å². The molecule has 3 aromatic rings. The van der Waals surface area contributed by atoms with Gasteiger partial charge in [0.15, 0.2) is 0 Å². The average molecular weight is 538 g/mol. The summed E-state index contributed by atoms with van der Waals surface area (Å²) in [5.74, 6) is -3.29. The Balaban J connectivity index is 1.59. The fourth-order valence-electron chi connectivity index (χ4n) is 4.16. The van der Waals surface area contributed by atoms with Crippen molar-refractivity contribution in [1.29, 1.82) is 0 Å². The molecule has 0 saturated heterocycles. The second-order valence-corrected chi connectivity index (χ2v) is 9.90. The molecule has 0 aliphatic carbocycles. The molecular formula is C28H35N5O6. The van der Waals surface area contributed by atoms with E-state index in [1.807, 2.05) is 24.3 Å². The number of amides is 3. The summed E-state index contributed by atoms with van der Waals surface area (Å²) in [6, 6.07) is 9.53. The molecule has 4 unspecified atom stereocenters. The van der Waals surface area contributed by atoms with Gasteiger partial charge in [0.05, 0.1) is 6.04 Å². The van der Waals surface area contributed by atoms with Gasteiger partial charge in [-0.25, -0.2) is 4.79 Å². The zero-order chi connectivity index (χ0) is 28.7. The van der Waals surface area contributed by atoms with Gasteiger partial charge in [-0.3, -0.25) is 14.4 Å². The maximum absolute atomic E-state index is 13.1. The van der Waals surface area contributed by atoms with Gasteiger partial charge in [0.2, 0.25) is 17.7 Å². The highest BCUT2D eigenvalue weighted by Gasteiger charge is 2.31. The van der Waals surface area contributed by atoms with Crippen molar-refractivity contribution in [3.8, 4) is 5.75 Å². The number of aromatic nitrogens is 1. The van der Waals surface area contributed by atoms with Gasteiger partial charge in [-0.05, 0) is 48.6 Å². The number of hydrogen-bond acceptors (Lipinski definition) is 6. The molecule has 0 spiro atoms. The van der Waals surface area contributed by atoms with Crippen LogP contribution in [0.5, 0.6) is 5.75 Å². The Labute approximate surface area is 226 Å². The zero-order valence-corrected chi connectivity index (χ0v) is 22.1. The summed E-state index contributed by atoms with van der Waals surface area (Å²) < 4.78 is 0. The number of aromatic amines is 1. The second kappa shape index (κ2) is 12.9. The van der Waals surface area contributed by atoms with Gasteiger partial charge in [0.1, 0.15) is 23.9 Å². The summed E-state index contributed by atoms with van der Waals surface area (Å²) in [4.78, 5) is 53.5. The first kappa shape index (κ1) is 29.2. The van der Waals surface area contributed by atoms with Crippen LogP contribution in [0.1, 0.15) is 31.9 Å². The maximum atomic E-state index is 13.1. The molecule has 2 aromatic carbocycles. The molecule has 3 amide bonds. The lowest BCUT2D eigenvalue weighted by Crippen LogP contribution is -2.58. The number of aromatic hydroxyl groups is 1. The quantitative estimate of drug-likeness (QED) is 0.181. The minimum Gasteiger partial charge on any atom is -0.508 e. The molecule has 3 rings (SSSR count). The number of fused-ring (bicyclic) bond motifs is 1. The molecule has 0 aliphatic rings. The van der Waals surface area contributed by atoms with Crippen molar-refractivity contribution in [2.75, 3.05) is 0 Å². The van der Waals surface area contributed by atoms with Gasteiger partial charge < -0.3 is 36.9 Å². The largest absolute Gasteiger partial charge is 0.508 e. The predicted molar refractivity (Wildman–Crippen MR) is 146 cm³/mol. The van der Waals surface area contributed by atoms with E-state index in [2.05, 4.69) is 20.9 Å². The third-order valence-corrected chi connectivity index (χ3v) is 6.44. The summed E-state index contributed by atoms with van der Waals surface area (Å²) in [5.41, 5.74) is 8.31. The number of hydrogen-bond donors (Lipinski definition) is 7. The van der Waals surface area contributed by atoms with E-state index in [0.717, 1.165) is 22.0 Å². The number of carboxylic acids is 1. The van der Waals surface area contributed by atoms with Gasteiger partial charge in [-0.1, -0.05) is 44.2 Å². The van der Waals surface area contributed by atoms with Crippen LogP contribution < -0.4 is 21.7 Å². The number of carbonyl (C=O) groups is 4. The molecule has 11 heteroatoms. The molecule has 11 nitrogen and oxygen atoms in total. The average Bonchev–Trinajstić information content (AvgIpc) is 3.30. The maximum Gasteiger partial charge on any atom is 0.326 e. The normalized spacial score (nSPS) is 14.3. The molecule has 0 aliphatic heterocycles. The first-order chi connectivity index (χ1) is 18.5. The highest BCUT2D eigenvalue weighted by molar-refractivity contribution is 5.94. The minimum absolute atomic E-state index is 0.0508. The number of phenolic OH excluding ortho intramolecular Hbond substituents is 1. The van der Waals surface area contributed by atoms with E-state index in [-0.39, 0.29) is 24.5 Å². The summed E-state index contributed by atoms with van der Waals surface area (Å²) in [5, 5.41) is 27.7. The van der Waals surface area contributed by atoms with E-state index in [9.17, 15) is 29.4 Å². The molecule has 4 atom stereocenters. The van der Waals surface area contributed by atoms with Gasteiger partial charge in [0, 0.05) is 23.5 Å². The third-order valence-electron chi connectivity index (χ3n) is 6.44. The van der Waals surface area contributed by atoms with E-state index in [4.69, 9.17) is 5.73 Å². The molecule has 0 radical (unpaired) electrons. The SMILES string of the molecule is CC(NC(=O)C(N)Cc1ccc(O)cc1)C(=O)NC(C(=O)NC(Cc1c[nH]c2ccccc12)C(=O)O)C(C)C. The summed E-state index contributed by atoms with van der Waals surface area (Å²) in [7, 11) is 0. The standard InChI is InChI=1S/C28H35N5O6/c1-15(2)24(27(37)32-23(28(38)39)13-18-14-30-22-7-5-4-6-20(18)22)33-25(35)16(3)31-26(36)21(29)12-17-8-10-19(34)11-9-17/h4-11,14-16,21,23-24,30,34H,12-13,29H2,1-3H3,(H,31,36)(H,32,37)(H,33,35)(H,38,39). The fraction of sp³-hybridized carbons (Fsp3) is 0.357. The van der Waals surface area contributed by atoms with Crippen molar-refractivity contribution in [3.05, 3.63) is 65.9 Å². The Morgan fingerprint density at radius 3 is 2.18 bits per heavy atom. The Morgan fingerprint density at radius 2 is 1.54 bits per heavy atom. The van der Waals surface area contributed by atoms with Crippen LogP contribution in [0.15, 0.2) is 54.7 Å². The Hall–Kier alpha value is -4.38. The lowest BCUT2D eigenvalue weighted by molar-refractivity contribution is -0.142. The van der Waals surface area contributed by atoms with E-state index in [1.165, 1.54) is 19.1 Å². The van der Waals surface area contributed by atoms with Crippen LogP contribution in [0.25, 0.3) is 10.9 Å². The summed E-state index contributed by atoms with van der Waals surface area (Å²) in [6.07, 6.45) is 1.96. The number of H-pyrrole nitrogens is 1. The van der Waals surface area contributed by atoms with Crippen molar-refractivity contribution in [2.45, 2.75) is 57.8 Å². The summed E-state index contributed by atoms with van der Waals surface area (Å²) in [6.45, 7) is 4.90. The first-order valence-corrected chi connectivity index (χ1v) is 12.7. The van der Waals surface area contributed by atoms with Crippen molar-refractivity contribution < 1.29 is 29.4 Å². The number of aliphatic carboxylic acids is 1. The lowest BCUT2D eigenvalue weighted by atomic mass is 10.0. The van der Waals surface area contributed by atoms with Gasteiger partial charge in [-0.15, -0.1) is 0 Å². The van der Waals surface area contributed by atoms with Crippen molar-refractivity contribution in [2.24, 2.45) is 11.7 Å². The topological polar surface area (TPSA) is 187 Å². The van der Waals surface area contributed by atoms with Crippen LogP contribution in [0.4, 0.5) is 0 Å². The molecule has 8 N–H and O–H groups in total. The number of phenols is 1. The Bertz CT molecular complexity index is 1320. The lowest BCUT2D eigenvalue weighted by Gasteiger charge is -2.26. The minimum atomic E-state index is -1.22. The predicted octanol–water partition coefficient (Wildman–Crippen LogP) is 1.20. The number of rotatable bonds is 12. The molecule has 1 aromatic heterocycles. The highest BCUT2D eigenvalue weighted by atomic mass is 16.4. The van der Waals surface area contributed by atoms with Gasteiger partial charge in [0.25, 0.3) is 0 Å². The molecule has 1 heterocycles. The van der Waals surface area contributed by atoms with Crippen molar-refractivity contribution >= 4 is 34.6 Å². The number of carbonyl (C=O) groups excluding carboxylic acids is 3. The molecular weight excluding hydrogens is 502 g/mol. The Kier molecular flexibility index (Phi) is 9.67. The number of carboxylic acid groups (broad SMARTS) is 1. The number of nitrogens with two attached hydrogens (primary N) is 1. The molecule has 0 fully saturated rings. The zero-order valence-electron chi connectivity index (χ0n) is 22.1. The Morgan fingerprint density at radius 1 is 0.872 bits per heavy atom. The van der Waals surface area contributed by atoms with Crippen LogP contribution >= 0.6 is 0 Å². The molecule has 208 valence electrons. The first-order valence-electron chi connectivity index (χ1n) is 12.7. The highest BCUT2D eigenvalue weighted by Crippen LogP contribution is 2.19. The molecule has 0 bridgehead atoms. The van der Waals surface area contributed by atoms with Gasteiger partial charge >= 0.3 is 5.97 Å². The number of benzene rings is 2. The van der Waals surface area contributed by atoms with E-state index < -0.39 is 47.9 Å². The van der Waals surface area contributed by atoms with Crippen molar-refractivity contribution in [3.63, 3.8) is 0 Å². The molecule has 0 saturated carbocycles. The van der Waals surface area contributed by atoms with Crippen LogP contribution in [0, 0.1) is 5.92 Å². The van der Waals surface area contributed by atoms with Crippen LogP contribution in [0.3, 0.4) is 0 Å². The number of nitrogens with one attached hydrogen (secondary N) is 4. The van der Waals surface area contributed by atoms with Crippen LogP contribution in [-0.4, -0.2) is 63.1 Å². The van der Waals surface area contributed by atoms with Crippen LogP contribution in [0.2, 0.25) is 0 Å². The fourth-order valence-corrected chi connectivity index (χ4v) is 4.16. The van der Waals surface area contributed by atoms with Gasteiger partial charge in [-0.2, -0.15) is 0 Å². The smallest absolute Gasteiger partial charge is 0.326 e. The second-order valence-electron chi connectivity index (χ2n) is 9.90. The number of para-hydroxylation sites is 1. The van der Waals surface area contributed by atoms with Crippen molar-refractivity contribution in [1.82, 2.24) is 20.9 Å². The molecule has 39 heavy (non-hydrogen) atoms. The summed E-state index contributed by atoms with van der Waals surface area (Å²) >= 11 is 0. The third kappa shape index (κ3) is 7.81. The van der Waals surface area contributed by atoms with E-state index in [1.54, 1.807) is 32.2 Å². The van der Waals surface area contributed by atoms with E-state index >= 15 is 0 Å². The van der Waals surface area contributed by atoms with E-state index in [0.29, 0.717) is 0 Å². The monoisotopic (exact) mass is 537 g/mol.